The van der Waals surface area contributed by atoms with Crippen molar-refractivity contribution in [1.82, 2.24) is 5.32 Å². The molecule has 0 bridgehead atoms. The molecule has 1 atom stereocenters. The maximum absolute atomic E-state index is 14.1. The number of carbonyl (C=O) groups is 3. The van der Waals surface area contributed by atoms with Crippen LogP contribution in [0.15, 0.2) is 42.5 Å². The molecule has 2 heterocycles. The summed E-state index contributed by atoms with van der Waals surface area (Å²) >= 11 is 6.18. The van der Waals surface area contributed by atoms with Crippen molar-refractivity contribution in [2.75, 3.05) is 10.6 Å². The third kappa shape index (κ3) is 4.60. The third-order valence-electron chi connectivity index (χ3n) is 5.87. The Kier molecular flexibility index (Phi) is 5.97. The van der Waals surface area contributed by atoms with Gasteiger partial charge in [-0.15, -0.1) is 0 Å². The number of hydrogen-bond donors (Lipinski definition) is 3. The first-order valence-corrected chi connectivity index (χ1v) is 11.1. The Morgan fingerprint density at radius 3 is 2.44 bits per heavy atom. The lowest BCUT2D eigenvalue weighted by Gasteiger charge is -2.27. The van der Waals surface area contributed by atoms with E-state index in [1.807, 2.05) is 5.32 Å². The molecular weight excluding hydrogens is 563 g/mol. The van der Waals surface area contributed by atoms with Gasteiger partial charge >= 0.3 is 18.2 Å². The van der Waals surface area contributed by atoms with Crippen molar-refractivity contribution in [2.24, 2.45) is 0 Å². The van der Waals surface area contributed by atoms with Crippen molar-refractivity contribution in [3.63, 3.8) is 0 Å². The number of alkyl halides is 5. The standard InChI is InChI=1S/C24H11ClF7N3O4/c25-13-2-1-10(26)6-12(13)18-16-14(33-20(36)8-3-9(23(28,29)30)5-11(27)4-8)7-15-19(17(16)21(37)34-18)35-22(38)24(31,32)39-15/h1-7,18H,(H,33,36)(H,34,37)(H,35,38). The molecule has 0 fully saturated rings. The van der Waals surface area contributed by atoms with Crippen LogP contribution in [0, 0.1) is 11.6 Å². The van der Waals surface area contributed by atoms with Gasteiger partial charge in [0.2, 0.25) is 0 Å². The molecule has 3 amide bonds. The van der Waals surface area contributed by atoms with Crippen LogP contribution in [0.2, 0.25) is 5.02 Å². The van der Waals surface area contributed by atoms with Crippen LogP contribution in [0.5, 0.6) is 5.75 Å². The molecule has 39 heavy (non-hydrogen) atoms. The number of hydrogen-bond acceptors (Lipinski definition) is 4. The second-order valence-electron chi connectivity index (χ2n) is 8.41. The first-order chi connectivity index (χ1) is 18.2. The van der Waals surface area contributed by atoms with Gasteiger partial charge in [-0.1, -0.05) is 11.6 Å². The van der Waals surface area contributed by atoms with Crippen molar-refractivity contribution >= 4 is 40.7 Å². The molecule has 0 saturated carbocycles. The molecule has 3 N–H and O–H groups in total. The van der Waals surface area contributed by atoms with Crippen molar-refractivity contribution in [2.45, 2.75) is 18.3 Å². The van der Waals surface area contributed by atoms with Crippen LogP contribution in [-0.4, -0.2) is 23.8 Å². The molecule has 0 aliphatic carbocycles. The smallest absolute Gasteiger partial charge is 0.423 e. The van der Waals surface area contributed by atoms with Gasteiger partial charge < -0.3 is 20.7 Å². The quantitative estimate of drug-likeness (QED) is 0.353. The number of amides is 3. The van der Waals surface area contributed by atoms with Crippen molar-refractivity contribution in [3.05, 3.63) is 86.9 Å². The highest BCUT2D eigenvalue weighted by Crippen LogP contribution is 2.49. The summed E-state index contributed by atoms with van der Waals surface area (Å²) in [6.07, 6.45) is -9.38. The molecule has 2 aliphatic heterocycles. The minimum Gasteiger partial charge on any atom is -0.423 e. The fraction of sp³-hybridized carbons (Fsp3) is 0.125. The van der Waals surface area contributed by atoms with Gasteiger partial charge in [-0.2, -0.15) is 22.0 Å². The summed E-state index contributed by atoms with van der Waals surface area (Å²) in [6.45, 7) is 0. The molecule has 202 valence electrons. The first kappa shape index (κ1) is 26.3. The number of fused-ring (bicyclic) bond motifs is 3. The zero-order valence-electron chi connectivity index (χ0n) is 18.8. The van der Waals surface area contributed by atoms with E-state index < -0.39 is 81.5 Å². The molecule has 7 nitrogen and oxygen atoms in total. The van der Waals surface area contributed by atoms with E-state index in [0.29, 0.717) is 12.1 Å². The summed E-state index contributed by atoms with van der Waals surface area (Å²) < 4.78 is 99.9. The van der Waals surface area contributed by atoms with Crippen LogP contribution in [-0.2, 0) is 11.0 Å². The normalized spacial score (nSPS) is 17.5. The van der Waals surface area contributed by atoms with E-state index in [9.17, 15) is 45.1 Å². The number of ether oxygens (including phenoxy) is 1. The molecule has 0 saturated heterocycles. The van der Waals surface area contributed by atoms with E-state index in [2.05, 4.69) is 15.4 Å². The van der Waals surface area contributed by atoms with E-state index in [1.165, 1.54) is 0 Å². The van der Waals surface area contributed by atoms with E-state index >= 15 is 0 Å². The number of anilines is 2. The average Bonchev–Trinajstić information content (AvgIpc) is 3.18. The van der Waals surface area contributed by atoms with Crippen molar-refractivity contribution < 1.29 is 49.9 Å². The zero-order valence-corrected chi connectivity index (χ0v) is 19.5. The Morgan fingerprint density at radius 1 is 1.03 bits per heavy atom. The number of nitrogens with one attached hydrogen (secondary N) is 3. The molecular formula is C24H11ClF7N3O4. The Bertz CT molecular complexity index is 1590. The van der Waals surface area contributed by atoms with Crippen LogP contribution < -0.4 is 20.7 Å². The average molecular weight is 574 g/mol. The molecule has 0 radical (unpaired) electrons. The highest BCUT2D eigenvalue weighted by atomic mass is 35.5. The first-order valence-electron chi connectivity index (χ1n) is 10.7. The van der Waals surface area contributed by atoms with Gasteiger partial charge in [-0.25, -0.2) is 8.78 Å². The zero-order chi connectivity index (χ0) is 28.4. The predicted molar refractivity (Wildman–Crippen MR) is 121 cm³/mol. The summed E-state index contributed by atoms with van der Waals surface area (Å²) in [4.78, 5) is 37.7. The largest absolute Gasteiger partial charge is 0.482 e. The van der Waals surface area contributed by atoms with Gasteiger partial charge in [0.15, 0.2) is 5.75 Å². The van der Waals surface area contributed by atoms with E-state index in [1.54, 1.807) is 0 Å². The molecule has 0 spiro atoms. The molecule has 3 aromatic carbocycles. The van der Waals surface area contributed by atoms with Gasteiger partial charge in [0, 0.05) is 27.8 Å². The molecule has 1 unspecified atom stereocenters. The third-order valence-corrected chi connectivity index (χ3v) is 6.21. The lowest BCUT2D eigenvalue weighted by molar-refractivity contribution is -0.189. The molecule has 3 aromatic rings. The number of benzene rings is 3. The summed E-state index contributed by atoms with van der Waals surface area (Å²) in [5.74, 6) is -7.15. The monoisotopic (exact) mass is 573 g/mol. The van der Waals surface area contributed by atoms with E-state index in [0.717, 1.165) is 24.3 Å². The summed E-state index contributed by atoms with van der Waals surface area (Å²) in [7, 11) is 0. The maximum atomic E-state index is 14.1. The lowest BCUT2D eigenvalue weighted by Crippen LogP contribution is -2.44. The number of halogens is 8. The van der Waals surface area contributed by atoms with E-state index in [-0.39, 0.29) is 22.2 Å². The molecule has 15 heteroatoms. The van der Waals surface area contributed by atoms with Crippen LogP contribution in [0.3, 0.4) is 0 Å². The fourth-order valence-corrected chi connectivity index (χ4v) is 4.44. The second-order valence-corrected chi connectivity index (χ2v) is 8.82. The van der Waals surface area contributed by atoms with Gasteiger partial charge in [0.05, 0.1) is 28.5 Å². The Labute approximate surface area is 217 Å². The minimum atomic E-state index is -5.00. The number of carbonyl (C=O) groups excluding carboxylic acids is 3. The van der Waals surface area contributed by atoms with Gasteiger partial charge in [0.1, 0.15) is 11.6 Å². The summed E-state index contributed by atoms with van der Waals surface area (Å²) in [5.41, 5.74) is -3.95. The maximum Gasteiger partial charge on any atom is 0.482 e. The van der Waals surface area contributed by atoms with Gasteiger partial charge in [0.25, 0.3) is 11.8 Å². The van der Waals surface area contributed by atoms with Gasteiger partial charge in [-0.3, -0.25) is 14.4 Å². The van der Waals surface area contributed by atoms with Crippen LogP contribution >= 0.6 is 11.6 Å². The van der Waals surface area contributed by atoms with Crippen molar-refractivity contribution in [3.8, 4) is 5.75 Å². The highest BCUT2D eigenvalue weighted by molar-refractivity contribution is 6.31. The highest BCUT2D eigenvalue weighted by Gasteiger charge is 2.49. The predicted octanol–water partition coefficient (Wildman–Crippen LogP) is 5.65. The van der Waals surface area contributed by atoms with Crippen LogP contribution in [0.25, 0.3) is 0 Å². The molecule has 5 rings (SSSR count). The van der Waals surface area contributed by atoms with Crippen LogP contribution in [0.1, 0.15) is 43.4 Å². The van der Waals surface area contributed by atoms with E-state index in [4.69, 9.17) is 11.6 Å². The summed E-state index contributed by atoms with van der Waals surface area (Å²) in [6, 6.07) is 3.58. The summed E-state index contributed by atoms with van der Waals surface area (Å²) in [5, 5.41) is 6.40. The minimum absolute atomic E-state index is 0.0438. The topological polar surface area (TPSA) is 96.5 Å². The second kappa shape index (κ2) is 8.86. The molecule has 2 aliphatic rings. The Balaban J connectivity index is 1.68. The SMILES string of the molecule is O=C(Nc1cc2c(c3c1C(c1cc(F)ccc1Cl)NC3=O)NC(=O)C(F)(F)O2)c1cc(F)cc(C(F)(F)F)c1. The lowest BCUT2D eigenvalue weighted by atomic mass is 9.94. The Hall–Kier alpha value is -4.33. The molecule has 0 aromatic heterocycles. The van der Waals surface area contributed by atoms with Gasteiger partial charge in [-0.05, 0) is 36.4 Å². The number of rotatable bonds is 3. The van der Waals surface area contributed by atoms with Crippen LogP contribution in [0.4, 0.5) is 42.1 Å². The van der Waals surface area contributed by atoms with Crippen molar-refractivity contribution in [1.29, 1.82) is 0 Å². The fourth-order valence-electron chi connectivity index (χ4n) is 4.21. The Morgan fingerprint density at radius 2 is 1.74 bits per heavy atom.